The van der Waals surface area contributed by atoms with E-state index in [1.54, 1.807) is 47.4 Å². The van der Waals surface area contributed by atoms with E-state index in [2.05, 4.69) is 5.32 Å². The van der Waals surface area contributed by atoms with Crippen molar-refractivity contribution in [1.29, 1.82) is 0 Å². The van der Waals surface area contributed by atoms with Crippen LogP contribution in [0.5, 0.6) is 11.5 Å². The molecule has 0 aliphatic carbocycles. The molecule has 0 saturated carbocycles. The van der Waals surface area contributed by atoms with E-state index < -0.39 is 0 Å². The topological polar surface area (TPSA) is 67.9 Å². The number of rotatable bonds is 7. The molecular weight excluding hydrogens is 463 g/mol. The van der Waals surface area contributed by atoms with E-state index >= 15 is 0 Å². The van der Waals surface area contributed by atoms with Crippen molar-refractivity contribution in [2.24, 2.45) is 0 Å². The quantitative estimate of drug-likeness (QED) is 0.454. The summed E-state index contributed by atoms with van der Waals surface area (Å²) in [6, 6.07) is 19.6. The minimum absolute atomic E-state index is 0.0787. The van der Waals surface area contributed by atoms with E-state index in [1.165, 1.54) is 6.08 Å². The first kappa shape index (κ1) is 22.7. The number of nitrogens with one attached hydrogen (secondary N) is 1. The molecule has 0 bridgehead atoms. The van der Waals surface area contributed by atoms with E-state index in [1.807, 2.05) is 30.3 Å². The maximum Gasteiger partial charge on any atom is 0.265 e. The van der Waals surface area contributed by atoms with E-state index in [0.717, 1.165) is 5.75 Å². The first-order valence-electron chi connectivity index (χ1n) is 10.2. The Balaban J connectivity index is 1.40. The molecule has 0 saturated heterocycles. The minimum Gasteiger partial charge on any atom is -0.492 e. The van der Waals surface area contributed by atoms with Crippen molar-refractivity contribution in [1.82, 2.24) is 0 Å². The molecule has 3 aromatic carbocycles. The van der Waals surface area contributed by atoms with Crippen LogP contribution in [0, 0.1) is 0 Å². The number of para-hydroxylation sites is 1. The number of hydrogen-bond donors (Lipinski definition) is 1. The number of benzene rings is 3. The summed E-state index contributed by atoms with van der Waals surface area (Å²) >= 11 is 12.0. The van der Waals surface area contributed by atoms with Gasteiger partial charge in [-0.2, -0.15) is 0 Å². The van der Waals surface area contributed by atoms with Crippen LogP contribution < -0.4 is 19.7 Å². The average Bonchev–Trinajstić information content (AvgIpc) is 2.80. The predicted octanol–water partition coefficient (Wildman–Crippen LogP) is 5.45. The Hall–Kier alpha value is -3.48. The van der Waals surface area contributed by atoms with Gasteiger partial charge in [-0.3, -0.25) is 9.59 Å². The number of carbonyl (C=O) groups is 2. The molecular formula is C25H20Cl2N2O4. The highest BCUT2D eigenvalue weighted by Crippen LogP contribution is 2.34. The van der Waals surface area contributed by atoms with Gasteiger partial charge >= 0.3 is 0 Å². The summed E-state index contributed by atoms with van der Waals surface area (Å²) in [7, 11) is 0. The van der Waals surface area contributed by atoms with E-state index in [-0.39, 0.29) is 18.4 Å². The average molecular weight is 483 g/mol. The predicted molar refractivity (Wildman–Crippen MR) is 130 cm³/mol. The number of halogens is 2. The first-order chi connectivity index (χ1) is 16.0. The number of nitrogens with zero attached hydrogens (tertiary/aromatic N) is 1. The lowest BCUT2D eigenvalue weighted by Gasteiger charge is -2.29. The third-order valence-corrected chi connectivity index (χ3v) is 5.44. The molecule has 1 aliphatic rings. The van der Waals surface area contributed by atoms with Crippen molar-refractivity contribution < 1.29 is 19.1 Å². The van der Waals surface area contributed by atoms with Crippen LogP contribution in [-0.2, 0) is 9.59 Å². The van der Waals surface area contributed by atoms with Crippen LogP contribution in [0.1, 0.15) is 5.56 Å². The smallest absolute Gasteiger partial charge is 0.265 e. The molecule has 0 atom stereocenters. The highest BCUT2D eigenvalue weighted by molar-refractivity contribution is 6.35. The fourth-order valence-corrected chi connectivity index (χ4v) is 3.76. The Morgan fingerprint density at radius 1 is 1.09 bits per heavy atom. The summed E-state index contributed by atoms with van der Waals surface area (Å²) in [6.07, 6.45) is 2.99. The van der Waals surface area contributed by atoms with Crippen molar-refractivity contribution in [3.05, 3.63) is 88.4 Å². The van der Waals surface area contributed by atoms with Crippen LogP contribution >= 0.6 is 23.2 Å². The number of carbonyl (C=O) groups excluding carboxylic acids is 2. The Morgan fingerprint density at radius 2 is 1.91 bits per heavy atom. The van der Waals surface area contributed by atoms with Crippen molar-refractivity contribution in [2.75, 3.05) is 30.0 Å². The number of anilines is 2. The second kappa shape index (κ2) is 10.4. The second-order valence-corrected chi connectivity index (χ2v) is 8.01. The van der Waals surface area contributed by atoms with E-state index in [0.29, 0.717) is 45.9 Å². The summed E-state index contributed by atoms with van der Waals surface area (Å²) in [6.45, 7) is 0.636. The zero-order valence-corrected chi connectivity index (χ0v) is 19.0. The van der Waals surface area contributed by atoms with Crippen molar-refractivity contribution in [2.45, 2.75) is 0 Å². The van der Waals surface area contributed by atoms with Crippen molar-refractivity contribution in [3.63, 3.8) is 0 Å². The molecule has 3 aromatic rings. The molecule has 2 amide bonds. The van der Waals surface area contributed by atoms with Gasteiger partial charge in [0.1, 0.15) is 18.1 Å². The summed E-state index contributed by atoms with van der Waals surface area (Å²) in [4.78, 5) is 26.3. The molecule has 0 fully saturated rings. The zero-order chi connectivity index (χ0) is 23.2. The van der Waals surface area contributed by atoms with E-state index in [4.69, 9.17) is 32.7 Å². The Kier molecular flexibility index (Phi) is 7.17. The normalized spacial score (nSPS) is 12.9. The SMILES string of the molecule is O=C(/C=C/c1ccc(Cl)cc1Cl)Nc1ccc2c(c1)OCC(=O)N2CCOc1ccccc1. The zero-order valence-electron chi connectivity index (χ0n) is 17.5. The maximum absolute atomic E-state index is 12.4. The Bertz CT molecular complexity index is 1200. The lowest BCUT2D eigenvalue weighted by Crippen LogP contribution is -2.41. The number of hydrogen-bond acceptors (Lipinski definition) is 4. The van der Waals surface area contributed by atoms with Gasteiger partial charge in [-0.15, -0.1) is 0 Å². The standard InChI is InChI=1S/C25H20Cl2N2O4/c26-18-8-6-17(21(27)14-18)7-11-24(30)28-19-9-10-22-23(15-19)33-16-25(31)29(22)12-13-32-20-4-2-1-3-5-20/h1-11,14-15H,12-13,16H2,(H,28,30)/b11-7+. The van der Waals surface area contributed by atoms with Gasteiger partial charge in [0.2, 0.25) is 5.91 Å². The van der Waals surface area contributed by atoms with Gasteiger partial charge in [0.15, 0.2) is 6.61 Å². The van der Waals surface area contributed by atoms with Crippen LogP contribution in [0.4, 0.5) is 11.4 Å². The van der Waals surface area contributed by atoms with Crippen LogP contribution in [0.3, 0.4) is 0 Å². The lowest BCUT2D eigenvalue weighted by molar-refractivity contribution is -0.121. The molecule has 168 valence electrons. The van der Waals surface area contributed by atoms with Gasteiger partial charge in [0, 0.05) is 27.9 Å². The van der Waals surface area contributed by atoms with Gasteiger partial charge in [-0.1, -0.05) is 47.5 Å². The minimum atomic E-state index is -0.332. The van der Waals surface area contributed by atoms with Gasteiger partial charge in [0.25, 0.3) is 5.91 Å². The molecule has 0 aromatic heterocycles. The Morgan fingerprint density at radius 3 is 2.70 bits per heavy atom. The molecule has 1 heterocycles. The molecule has 0 radical (unpaired) electrons. The van der Waals surface area contributed by atoms with Gasteiger partial charge in [-0.05, 0) is 48.0 Å². The number of ether oxygens (including phenoxy) is 2. The third-order valence-electron chi connectivity index (χ3n) is 4.87. The first-order valence-corrected chi connectivity index (χ1v) is 10.9. The Labute approximate surface area is 201 Å². The van der Waals surface area contributed by atoms with Crippen molar-refractivity contribution >= 4 is 52.5 Å². The number of amides is 2. The molecule has 33 heavy (non-hydrogen) atoms. The monoisotopic (exact) mass is 482 g/mol. The van der Waals surface area contributed by atoms with Crippen molar-refractivity contribution in [3.8, 4) is 11.5 Å². The fraction of sp³-hybridized carbons (Fsp3) is 0.120. The maximum atomic E-state index is 12.4. The second-order valence-electron chi connectivity index (χ2n) is 7.17. The van der Waals surface area contributed by atoms with Crippen LogP contribution in [0.15, 0.2) is 72.8 Å². The number of fused-ring (bicyclic) bond motifs is 1. The lowest BCUT2D eigenvalue weighted by atomic mass is 10.2. The highest BCUT2D eigenvalue weighted by atomic mass is 35.5. The molecule has 0 unspecified atom stereocenters. The largest absolute Gasteiger partial charge is 0.492 e. The van der Waals surface area contributed by atoms with Gasteiger partial charge in [0.05, 0.1) is 12.2 Å². The van der Waals surface area contributed by atoms with E-state index in [9.17, 15) is 9.59 Å². The summed E-state index contributed by atoms with van der Waals surface area (Å²) in [5.41, 5.74) is 1.85. The van der Waals surface area contributed by atoms with Crippen LogP contribution in [0.2, 0.25) is 10.0 Å². The summed E-state index contributed by atoms with van der Waals surface area (Å²) in [5, 5.41) is 3.76. The molecule has 1 N–H and O–H groups in total. The molecule has 8 heteroatoms. The fourth-order valence-electron chi connectivity index (χ4n) is 3.28. The highest BCUT2D eigenvalue weighted by Gasteiger charge is 2.25. The third kappa shape index (κ3) is 5.86. The van der Waals surface area contributed by atoms with Crippen LogP contribution in [-0.4, -0.2) is 31.6 Å². The summed E-state index contributed by atoms with van der Waals surface area (Å²) in [5.74, 6) is 0.765. The van der Waals surface area contributed by atoms with Crippen LogP contribution in [0.25, 0.3) is 6.08 Å². The molecule has 1 aliphatic heterocycles. The molecule has 0 spiro atoms. The summed E-state index contributed by atoms with van der Waals surface area (Å²) < 4.78 is 11.3. The molecule has 4 rings (SSSR count). The van der Waals surface area contributed by atoms with Gasteiger partial charge < -0.3 is 19.7 Å². The molecule has 6 nitrogen and oxygen atoms in total. The van der Waals surface area contributed by atoms with Gasteiger partial charge in [-0.25, -0.2) is 0 Å².